The van der Waals surface area contributed by atoms with Crippen LogP contribution < -0.4 is 14.9 Å². The number of rotatable bonds is 5. The Hall–Kier alpha value is -3.35. The molecule has 0 aliphatic carbocycles. The molecule has 1 aromatic heterocycles. The van der Waals surface area contributed by atoms with Crippen LogP contribution in [0.4, 0.5) is 0 Å². The molecule has 0 bridgehead atoms. The van der Waals surface area contributed by atoms with E-state index >= 15 is 0 Å². The lowest BCUT2D eigenvalue weighted by atomic mass is 9.99. The van der Waals surface area contributed by atoms with E-state index < -0.39 is 48.5 Å². The van der Waals surface area contributed by atoms with Crippen molar-refractivity contribution in [3.63, 3.8) is 0 Å². The normalized spacial score (nSPS) is 25.2. The fourth-order valence-corrected chi connectivity index (χ4v) is 3.62. The van der Waals surface area contributed by atoms with E-state index in [9.17, 15) is 35.4 Å². The zero-order chi connectivity index (χ0) is 23.9. The maximum atomic E-state index is 13.0. The first kappa shape index (κ1) is 22.8. The van der Waals surface area contributed by atoms with Crippen LogP contribution in [-0.4, -0.2) is 75.1 Å². The highest BCUT2D eigenvalue weighted by Gasteiger charge is 2.44. The molecule has 0 unspecified atom stereocenters. The fourth-order valence-electron chi connectivity index (χ4n) is 3.62. The van der Waals surface area contributed by atoms with Gasteiger partial charge in [-0.25, -0.2) is 0 Å². The molecule has 176 valence electrons. The maximum Gasteiger partial charge on any atom is 0.229 e. The van der Waals surface area contributed by atoms with Crippen molar-refractivity contribution in [2.45, 2.75) is 30.7 Å². The molecule has 0 saturated carbocycles. The number of phenolic OH excluding ortho intramolecular Hbond substituents is 2. The first-order valence-electron chi connectivity index (χ1n) is 9.88. The van der Waals surface area contributed by atoms with Crippen LogP contribution in [0.5, 0.6) is 23.0 Å². The summed E-state index contributed by atoms with van der Waals surface area (Å²) in [7, 11) is 1.37. The SMILES string of the molecule is COc1cc(-c2coc3cc(O[C@H]4O[C@@H](CO)[C@H](O)[C@H](O)[C@@H]4O)cc(O)c3c2=O)ccc1O. The molecule has 5 atom stereocenters. The number of methoxy groups -OCH3 is 1. The quantitative estimate of drug-likeness (QED) is 0.302. The predicted octanol–water partition coefficient (Wildman–Crippen LogP) is 0.0585. The molecule has 2 aromatic carbocycles. The average molecular weight is 462 g/mol. The van der Waals surface area contributed by atoms with Gasteiger partial charge in [0.2, 0.25) is 11.7 Å². The van der Waals surface area contributed by atoms with Crippen LogP contribution in [-0.2, 0) is 4.74 Å². The summed E-state index contributed by atoms with van der Waals surface area (Å²) in [4.78, 5) is 13.0. The van der Waals surface area contributed by atoms with E-state index in [0.717, 1.165) is 6.07 Å². The molecule has 1 fully saturated rings. The Morgan fingerprint density at radius 2 is 1.76 bits per heavy atom. The van der Waals surface area contributed by atoms with E-state index in [-0.39, 0.29) is 33.8 Å². The van der Waals surface area contributed by atoms with Gasteiger partial charge in [-0.3, -0.25) is 4.79 Å². The second kappa shape index (κ2) is 8.89. The van der Waals surface area contributed by atoms with Gasteiger partial charge in [0.25, 0.3) is 0 Å². The Balaban J connectivity index is 1.69. The van der Waals surface area contributed by atoms with Crippen molar-refractivity contribution in [1.29, 1.82) is 0 Å². The van der Waals surface area contributed by atoms with Gasteiger partial charge in [-0.1, -0.05) is 6.07 Å². The van der Waals surface area contributed by atoms with Crippen molar-refractivity contribution < 1.29 is 49.3 Å². The van der Waals surface area contributed by atoms with E-state index in [4.69, 9.17) is 18.6 Å². The Labute approximate surface area is 186 Å². The molecule has 1 saturated heterocycles. The largest absolute Gasteiger partial charge is 0.507 e. The summed E-state index contributed by atoms with van der Waals surface area (Å²) < 4.78 is 21.3. The second-order valence-corrected chi connectivity index (χ2v) is 7.50. The number of aliphatic hydroxyl groups excluding tert-OH is 4. The van der Waals surface area contributed by atoms with Gasteiger partial charge in [0.15, 0.2) is 11.5 Å². The third kappa shape index (κ3) is 4.08. The van der Waals surface area contributed by atoms with Crippen LogP contribution in [0.15, 0.2) is 45.8 Å². The van der Waals surface area contributed by atoms with Gasteiger partial charge in [0, 0.05) is 12.1 Å². The van der Waals surface area contributed by atoms with E-state index in [1.165, 1.54) is 37.6 Å². The molecule has 1 aliphatic heterocycles. The van der Waals surface area contributed by atoms with Crippen molar-refractivity contribution in [3.8, 4) is 34.1 Å². The average Bonchev–Trinajstić information content (AvgIpc) is 2.80. The minimum atomic E-state index is -1.65. The zero-order valence-corrected chi connectivity index (χ0v) is 17.3. The van der Waals surface area contributed by atoms with Crippen molar-refractivity contribution >= 4 is 11.0 Å². The molecule has 0 radical (unpaired) electrons. The summed E-state index contributed by atoms with van der Waals surface area (Å²) in [5.74, 6) is -0.497. The van der Waals surface area contributed by atoms with E-state index in [1.807, 2.05) is 0 Å². The number of hydrogen-bond donors (Lipinski definition) is 6. The van der Waals surface area contributed by atoms with Crippen LogP contribution in [0.2, 0.25) is 0 Å². The molecule has 11 nitrogen and oxygen atoms in total. The maximum absolute atomic E-state index is 13.0. The van der Waals surface area contributed by atoms with Gasteiger partial charge in [-0.15, -0.1) is 0 Å². The lowest BCUT2D eigenvalue weighted by molar-refractivity contribution is -0.277. The Morgan fingerprint density at radius 1 is 1.00 bits per heavy atom. The van der Waals surface area contributed by atoms with Crippen molar-refractivity contribution in [2.75, 3.05) is 13.7 Å². The summed E-state index contributed by atoms with van der Waals surface area (Å²) in [5, 5.41) is 59.3. The third-order valence-corrected chi connectivity index (χ3v) is 5.42. The van der Waals surface area contributed by atoms with Crippen LogP contribution in [0.1, 0.15) is 0 Å². The summed E-state index contributed by atoms with van der Waals surface area (Å²) in [5.41, 5.74) is -0.0879. The number of aliphatic hydroxyl groups is 4. The molecule has 33 heavy (non-hydrogen) atoms. The Kier molecular flexibility index (Phi) is 6.15. The summed E-state index contributed by atoms with van der Waals surface area (Å²) >= 11 is 0. The zero-order valence-electron chi connectivity index (χ0n) is 17.3. The van der Waals surface area contributed by atoms with Crippen LogP contribution in [0, 0.1) is 0 Å². The molecule has 0 spiro atoms. The smallest absolute Gasteiger partial charge is 0.229 e. The molecular weight excluding hydrogens is 440 g/mol. The molecule has 4 rings (SSSR count). The third-order valence-electron chi connectivity index (χ3n) is 5.42. The number of ether oxygens (including phenoxy) is 3. The Bertz CT molecular complexity index is 1220. The van der Waals surface area contributed by atoms with Crippen molar-refractivity contribution in [2.24, 2.45) is 0 Å². The van der Waals surface area contributed by atoms with Gasteiger partial charge in [0.1, 0.15) is 53.1 Å². The van der Waals surface area contributed by atoms with Gasteiger partial charge in [-0.05, 0) is 17.7 Å². The summed E-state index contributed by atoms with van der Waals surface area (Å²) in [6.07, 6.45) is -6.33. The Morgan fingerprint density at radius 3 is 2.45 bits per heavy atom. The second-order valence-electron chi connectivity index (χ2n) is 7.50. The van der Waals surface area contributed by atoms with Gasteiger partial charge < -0.3 is 49.3 Å². The lowest BCUT2D eigenvalue weighted by Crippen LogP contribution is -2.60. The lowest BCUT2D eigenvalue weighted by Gasteiger charge is -2.39. The number of benzene rings is 2. The van der Waals surface area contributed by atoms with Crippen LogP contribution in [0.25, 0.3) is 22.1 Å². The monoisotopic (exact) mass is 462 g/mol. The summed E-state index contributed by atoms with van der Waals surface area (Å²) in [6.45, 7) is -0.631. The molecule has 0 amide bonds. The van der Waals surface area contributed by atoms with E-state index in [0.29, 0.717) is 5.56 Å². The number of hydrogen-bond acceptors (Lipinski definition) is 11. The van der Waals surface area contributed by atoms with Crippen molar-refractivity contribution in [3.05, 3.63) is 46.8 Å². The predicted molar refractivity (Wildman–Crippen MR) is 112 cm³/mol. The number of aromatic hydroxyl groups is 2. The van der Waals surface area contributed by atoms with Gasteiger partial charge in [-0.2, -0.15) is 0 Å². The first-order valence-corrected chi connectivity index (χ1v) is 9.88. The number of fused-ring (bicyclic) bond motifs is 1. The molecule has 2 heterocycles. The van der Waals surface area contributed by atoms with Gasteiger partial charge in [0.05, 0.1) is 19.3 Å². The van der Waals surface area contributed by atoms with Crippen molar-refractivity contribution in [1.82, 2.24) is 0 Å². The van der Waals surface area contributed by atoms with Crippen LogP contribution >= 0.6 is 0 Å². The highest BCUT2D eigenvalue weighted by atomic mass is 16.7. The topological polar surface area (TPSA) is 179 Å². The number of phenols is 2. The minimum Gasteiger partial charge on any atom is -0.507 e. The minimum absolute atomic E-state index is 0.0333. The van der Waals surface area contributed by atoms with Gasteiger partial charge >= 0.3 is 0 Å². The van der Waals surface area contributed by atoms with E-state index in [1.54, 1.807) is 0 Å². The fraction of sp³-hybridized carbons (Fsp3) is 0.318. The molecule has 1 aliphatic rings. The first-order chi connectivity index (χ1) is 15.7. The van der Waals surface area contributed by atoms with E-state index in [2.05, 4.69) is 0 Å². The highest BCUT2D eigenvalue weighted by molar-refractivity contribution is 5.88. The summed E-state index contributed by atoms with van der Waals surface area (Å²) in [6, 6.07) is 6.67. The molecule has 6 N–H and O–H groups in total. The molecule has 3 aromatic rings. The van der Waals surface area contributed by atoms with Crippen LogP contribution in [0.3, 0.4) is 0 Å². The molecule has 11 heteroatoms. The molecular formula is C22H22O11. The standard InChI is InChI=1S/C22H22O11/c1-30-14-4-9(2-3-12(14)24)11-8-31-15-6-10(5-13(25)17(15)18(11)26)32-22-21(29)20(28)19(27)16(7-23)33-22/h2-6,8,16,19-25,27-29H,7H2,1H3/t16-,19-,20-,21-,22-/m0/s1. The highest BCUT2D eigenvalue weighted by Crippen LogP contribution is 2.34.